The van der Waals surface area contributed by atoms with Gasteiger partial charge in [0.05, 0.1) is 31.4 Å². The Morgan fingerprint density at radius 3 is 2.36 bits per heavy atom. The molecule has 4 atom stereocenters. The van der Waals surface area contributed by atoms with Gasteiger partial charge in [0.2, 0.25) is 11.8 Å². The van der Waals surface area contributed by atoms with E-state index < -0.39 is 31.5 Å². The van der Waals surface area contributed by atoms with Crippen LogP contribution in [-0.2, 0) is 37.8 Å². The van der Waals surface area contributed by atoms with E-state index in [2.05, 4.69) is 0 Å². The van der Waals surface area contributed by atoms with Crippen molar-refractivity contribution in [2.24, 2.45) is 5.92 Å². The molecule has 3 aliphatic rings. The maximum Gasteiger partial charge on any atom is 0.264 e. The summed E-state index contributed by atoms with van der Waals surface area (Å²) >= 11 is 0. The summed E-state index contributed by atoms with van der Waals surface area (Å²) in [6.45, 7) is 7.04. The van der Waals surface area contributed by atoms with E-state index in [9.17, 15) is 24.3 Å². The van der Waals surface area contributed by atoms with Crippen molar-refractivity contribution in [1.29, 1.82) is 0 Å². The number of nitrogens with zero attached hydrogens (tertiary/aromatic N) is 3. The van der Waals surface area contributed by atoms with Crippen LogP contribution >= 0.6 is 0 Å². The molecule has 3 amide bonds. The molecule has 10 heteroatoms. The van der Waals surface area contributed by atoms with Gasteiger partial charge in [-0.1, -0.05) is 67.6 Å². The Kier molecular flexibility index (Phi) is 9.40. The van der Waals surface area contributed by atoms with E-state index in [4.69, 9.17) is 4.74 Å². The van der Waals surface area contributed by atoms with E-state index in [-0.39, 0.29) is 37.3 Å². The summed E-state index contributed by atoms with van der Waals surface area (Å²) in [5.74, 6) is -0.641. The highest BCUT2D eigenvalue weighted by atomic mass is 28.4. The van der Waals surface area contributed by atoms with E-state index in [0.29, 0.717) is 26.1 Å². The van der Waals surface area contributed by atoms with Crippen LogP contribution in [-0.4, -0.2) is 66.6 Å². The summed E-state index contributed by atoms with van der Waals surface area (Å²) in [5.41, 5.74) is 2.51. The third kappa shape index (κ3) is 6.27. The monoisotopic (exact) mass is 655 g/mol. The molecule has 0 aromatic heterocycles. The van der Waals surface area contributed by atoms with E-state index >= 15 is 0 Å². The zero-order valence-corrected chi connectivity index (χ0v) is 28.5. The summed E-state index contributed by atoms with van der Waals surface area (Å²) in [4.78, 5) is 57.8. The number of ether oxygens (including phenoxy) is 1. The number of anilines is 2. The van der Waals surface area contributed by atoms with Crippen LogP contribution in [0.25, 0.3) is 0 Å². The molecular formula is C37H45N3O6Si. The van der Waals surface area contributed by atoms with Gasteiger partial charge in [0.25, 0.3) is 5.91 Å². The first-order chi connectivity index (χ1) is 22.5. The lowest BCUT2D eigenvalue weighted by Gasteiger charge is -2.32. The number of amides is 3. The van der Waals surface area contributed by atoms with Gasteiger partial charge >= 0.3 is 0 Å². The Hall–Kier alpha value is -3.83. The fourth-order valence-electron chi connectivity index (χ4n) is 7.95. The van der Waals surface area contributed by atoms with Crippen molar-refractivity contribution in [3.8, 4) is 0 Å². The number of piperidine rings is 1. The van der Waals surface area contributed by atoms with Crippen molar-refractivity contribution in [3.63, 3.8) is 0 Å². The molecule has 2 saturated heterocycles. The summed E-state index contributed by atoms with van der Waals surface area (Å²) in [6, 6.07) is 25.1. The smallest absolute Gasteiger partial charge is 0.264 e. The number of hydrogen-bond acceptors (Lipinski definition) is 6. The minimum absolute atomic E-state index is 0.00723. The number of para-hydroxylation sites is 1. The predicted molar refractivity (Wildman–Crippen MR) is 183 cm³/mol. The zero-order valence-electron chi connectivity index (χ0n) is 27.5. The number of aliphatic hydroxyl groups is 1. The Labute approximate surface area is 277 Å². The Balaban J connectivity index is 1.28. The van der Waals surface area contributed by atoms with E-state index in [0.717, 1.165) is 40.9 Å². The van der Waals surface area contributed by atoms with Gasteiger partial charge in [0.15, 0.2) is 13.9 Å². The standard InChI is InChI=1S/C37H45N3O6Si/c1-26-35(47(2,3)45)32(23-34(43)38(21-22-41)24-27-11-5-4-6-12-27)46-37(26)30-13-7-8-14-31(30)40(36(37)44)25-28-16-18-29(19-17-28)39-20-10-9-15-33(39)42/h4-8,11-14,16-19,26,32,35,41,45H,9-10,15,20-25H2,1-3H3/t26-,32+,35-,37+/m1/s1. The molecule has 2 fully saturated rings. The molecule has 0 unspecified atom stereocenters. The van der Waals surface area contributed by atoms with Crippen LogP contribution in [0.15, 0.2) is 78.9 Å². The minimum atomic E-state index is -2.96. The Morgan fingerprint density at radius 2 is 1.68 bits per heavy atom. The normalized spacial score (nSPS) is 24.2. The molecule has 3 aromatic carbocycles. The Bertz CT molecular complexity index is 1610. The summed E-state index contributed by atoms with van der Waals surface area (Å²) in [6.07, 6.45) is 1.79. The van der Waals surface area contributed by atoms with Crippen LogP contribution in [0.2, 0.25) is 18.6 Å². The molecule has 0 aliphatic carbocycles. The van der Waals surface area contributed by atoms with Gasteiger partial charge in [-0.05, 0) is 55.3 Å². The number of carbonyl (C=O) groups is 3. The highest BCUT2D eigenvalue weighted by Crippen LogP contribution is 2.59. The van der Waals surface area contributed by atoms with Crippen molar-refractivity contribution in [1.82, 2.24) is 4.90 Å². The van der Waals surface area contributed by atoms with Crippen molar-refractivity contribution < 1.29 is 29.0 Å². The first-order valence-electron chi connectivity index (χ1n) is 16.7. The lowest BCUT2D eigenvalue weighted by atomic mass is 9.82. The molecule has 47 heavy (non-hydrogen) atoms. The number of fused-ring (bicyclic) bond motifs is 2. The highest BCUT2D eigenvalue weighted by Gasteiger charge is 2.66. The van der Waals surface area contributed by atoms with Crippen LogP contribution in [0.3, 0.4) is 0 Å². The van der Waals surface area contributed by atoms with Crippen LogP contribution < -0.4 is 9.80 Å². The van der Waals surface area contributed by atoms with Crippen LogP contribution in [0.4, 0.5) is 11.4 Å². The van der Waals surface area contributed by atoms with Crippen molar-refractivity contribution >= 4 is 37.4 Å². The summed E-state index contributed by atoms with van der Waals surface area (Å²) < 4.78 is 6.86. The molecule has 2 N–H and O–H groups in total. The first-order valence-corrected chi connectivity index (χ1v) is 19.7. The van der Waals surface area contributed by atoms with Crippen molar-refractivity contribution in [3.05, 3.63) is 95.6 Å². The van der Waals surface area contributed by atoms with E-state index in [1.54, 1.807) is 9.80 Å². The lowest BCUT2D eigenvalue weighted by Crippen LogP contribution is -2.46. The van der Waals surface area contributed by atoms with Crippen LogP contribution in [0.5, 0.6) is 0 Å². The fourth-order valence-corrected chi connectivity index (χ4v) is 10.5. The van der Waals surface area contributed by atoms with Gasteiger partial charge in [-0.2, -0.15) is 0 Å². The SMILES string of the molecule is C[C@@H]1[C@@H]([Si](C)(C)O)[C@H](CC(=O)N(CCO)Cc2ccccc2)O[C@@]12C(=O)N(Cc1ccc(N3CCCCC3=O)cc1)c1ccccc12. The highest BCUT2D eigenvalue weighted by molar-refractivity contribution is 6.71. The predicted octanol–water partition coefficient (Wildman–Crippen LogP) is 4.96. The molecule has 3 aromatic rings. The fraction of sp³-hybridized carbons (Fsp3) is 0.432. The molecule has 9 nitrogen and oxygen atoms in total. The molecular weight excluding hydrogens is 611 g/mol. The van der Waals surface area contributed by atoms with Gasteiger partial charge in [-0.15, -0.1) is 0 Å². The average molecular weight is 656 g/mol. The molecule has 3 heterocycles. The van der Waals surface area contributed by atoms with Crippen molar-refractivity contribution in [2.45, 2.75) is 76.0 Å². The quantitative estimate of drug-likeness (QED) is 0.299. The largest absolute Gasteiger partial charge is 0.432 e. The second-order valence-corrected chi connectivity index (χ2v) is 17.6. The minimum Gasteiger partial charge on any atom is -0.432 e. The molecule has 3 aliphatic heterocycles. The summed E-state index contributed by atoms with van der Waals surface area (Å²) in [7, 11) is -2.96. The topological polar surface area (TPSA) is 111 Å². The zero-order chi connectivity index (χ0) is 33.3. The second kappa shape index (κ2) is 13.3. The van der Waals surface area contributed by atoms with Crippen LogP contribution in [0.1, 0.15) is 49.3 Å². The van der Waals surface area contributed by atoms with E-state index in [1.807, 2.05) is 104 Å². The lowest BCUT2D eigenvalue weighted by molar-refractivity contribution is -0.150. The molecule has 6 rings (SSSR count). The molecule has 0 radical (unpaired) electrons. The number of benzene rings is 3. The van der Waals surface area contributed by atoms with Crippen molar-refractivity contribution in [2.75, 3.05) is 29.5 Å². The van der Waals surface area contributed by atoms with Gasteiger partial charge in [0, 0.05) is 48.8 Å². The van der Waals surface area contributed by atoms with Gasteiger partial charge < -0.3 is 29.3 Å². The first kappa shape index (κ1) is 33.1. The molecule has 0 saturated carbocycles. The molecule has 1 spiro atoms. The molecule has 248 valence electrons. The van der Waals surface area contributed by atoms with Gasteiger partial charge in [-0.25, -0.2) is 0 Å². The summed E-state index contributed by atoms with van der Waals surface area (Å²) in [5, 5.41) is 9.78. The second-order valence-electron chi connectivity index (χ2n) is 13.7. The average Bonchev–Trinajstić information content (AvgIpc) is 3.48. The third-order valence-corrected chi connectivity index (χ3v) is 12.6. The van der Waals surface area contributed by atoms with Crippen LogP contribution in [0, 0.1) is 5.92 Å². The van der Waals surface area contributed by atoms with Gasteiger partial charge in [0.1, 0.15) is 0 Å². The number of aliphatic hydroxyl groups excluding tert-OH is 1. The maximum atomic E-state index is 14.7. The molecule has 0 bridgehead atoms. The maximum absolute atomic E-state index is 14.7. The number of carbonyl (C=O) groups excluding carboxylic acids is 3. The Morgan fingerprint density at radius 1 is 0.979 bits per heavy atom. The third-order valence-electron chi connectivity index (χ3n) is 10.1. The van der Waals surface area contributed by atoms with E-state index in [1.165, 1.54) is 0 Å². The number of rotatable bonds is 10. The van der Waals surface area contributed by atoms with Gasteiger partial charge in [-0.3, -0.25) is 14.4 Å². The number of hydrogen-bond donors (Lipinski definition) is 2.